The zero-order chi connectivity index (χ0) is 14.6. The van der Waals surface area contributed by atoms with Crippen molar-refractivity contribution in [2.45, 2.75) is 6.36 Å². The number of halogens is 4. The van der Waals surface area contributed by atoms with E-state index in [4.69, 9.17) is 5.84 Å². The molecule has 0 heterocycles. The summed E-state index contributed by atoms with van der Waals surface area (Å²) in [6.07, 6.45) is -4.93. The Kier molecular flexibility index (Phi) is 4.72. The number of nitrogens with one attached hydrogen (secondary N) is 2. The molecule has 1 rings (SSSR count). The molecule has 2 amide bonds. The van der Waals surface area contributed by atoms with Gasteiger partial charge in [0.05, 0.1) is 5.69 Å². The quantitative estimate of drug-likeness (QED) is 0.327. The number of carbonyl (C=O) groups is 2. The van der Waals surface area contributed by atoms with Crippen LogP contribution >= 0.6 is 15.9 Å². The van der Waals surface area contributed by atoms with Gasteiger partial charge in [-0.1, -0.05) is 15.9 Å². The predicted molar refractivity (Wildman–Crippen MR) is 61.8 cm³/mol. The van der Waals surface area contributed by atoms with Crippen LogP contribution in [0, 0.1) is 0 Å². The van der Waals surface area contributed by atoms with E-state index in [1.165, 1.54) is 6.07 Å². The average Bonchev–Trinajstić information content (AvgIpc) is 2.29. The summed E-state index contributed by atoms with van der Waals surface area (Å²) in [5.41, 5.74) is 1.22. The molecule has 0 saturated carbocycles. The number of hydrogen-bond donors (Lipinski definition) is 3. The second-order valence-corrected chi connectivity index (χ2v) is 4.03. The number of nitrogens with two attached hydrogens (primary N) is 1. The van der Waals surface area contributed by atoms with Crippen LogP contribution in [0.15, 0.2) is 22.7 Å². The van der Waals surface area contributed by atoms with E-state index in [1.54, 1.807) is 5.43 Å². The van der Waals surface area contributed by atoms with Gasteiger partial charge in [0.25, 0.3) is 0 Å². The number of amides is 2. The molecule has 0 saturated heterocycles. The largest absolute Gasteiger partial charge is 0.573 e. The molecule has 104 valence electrons. The summed E-state index contributed by atoms with van der Waals surface area (Å²) >= 11 is 2.95. The number of benzene rings is 1. The highest BCUT2D eigenvalue weighted by atomic mass is 79.9. The van der Waals surface area contributed by atoms with Gasteiger partial charge in [0.1, 0.15) is 0 Å². The van der Waals surface area contributed by atoms with E-state index < -0.39 is 23.9 Å². The van der Waals surface area contributed by atoms with Gasteiger partial charge in [-0.15, -0.1) is 13.2 Å². The molecule has 19 heavy (non-hydrogen) atoms. The number of alkyl halides is 3. The van der Waals surface area contributed by atoms with Crippen LogP contribution in [0.3, 0.4) is 0 Å². The predicted octanol–water partition coefficient (Wildman–Crippen LogP) is 1.28. The number of rotatable bonds is 2. The average molecular weight is 342 g/mol. The molecule has 4 N–H and O–H groups in total. The maximum absolute atomic E-state index is 12.2. The SMILES string of the molecule is NNC(=O)C(=O)Nc1ccc(Br)cc1OC(F)(F)F. The molecule has 1 aromatic carbocycles. The summed E-state index contributed by atoms with van der Waals surface area (Å²) in [6.45, 7) is 0. The van der Waals surface area contributed by atoms with E-state index in [0.717, 1.165) is 12.1 Å². The smallest absolute Gasteiger partial charge is 0.404 e. The van der Waals surface area contributed by atoms with Gasteiger partial charge in [-0.3, -0.25) is 15.0 Å². The lowest BCUT2D eigenvalue weighted by Gasteiger charge is -2.14. The zero-order valence-corrected chi connectivity index (χ0v) is 10.6. The van der Waals surface area contributed by atoms with Crippen molar-refractivity contribution in [2.75, 3.05) is 5.32 Å². The molecule has 0 radical (unpaired) electrons. The van der Waals surface area contributed by atoms with Crippen LogP contribution in [-0.4, -0.2) is 18.2 Å². The Morgan fingerprint density at radius 2 is 1.89 bits per heavy atom. The number of carbonyl (C=O) groups excluding carboxylic acids is 2. The Bertz CT molecular complexity index is 507. The van der Waals surface area contributed by atoms with Crippen LogP contribution in [0.4, 0.5) is 18.9 Å². The van der Waals surface area contributed by atoms with Crippen molar-refractivity contribution in [3.8, 4) is 5.75 Å². The Balaban J connectivity index is 3.00. The van der Waals surface area contributed by atoms with Gasteiger partial charge in [0.15, 0.2) is 5.75 Å². The van der Waals surface area contributed by atoms with Crippen molar-refractivity contribution in [3.63, 3.8) is 0 Å². The lowest BCUT2D eigenvalue weighted by atomic mass is 10.3. The Labute approximate surface area is 113 Å². The van der Waals surface area contributed by atoms with E-state index in [1.807, 2.05) is 5.32 Å². The molecule has 0 aliphatic rings. The Morgan fingerprint density at radius 3 is 2.42 bits per heavy atom. The third-order valence-corrected chi connectivity index (χ3v) is 2.25. The Morgan fingerprint density at radius 1 is 1.26 bits per heavy atom. The molecular formula is C9H7BrF3N3O3. The minimum atomic E-state index is -4.93. The maximum atomic E-state index is 12.2. The lowest BCUT2D eigenvalue weighted by molar-refractivity contribution is -0.274. The minimum Gasteiger partial charge on any atom is -0.404 e. The van der Waals surface area contributed by atoms with Gasteiger partial charge in [-0.25, -0.2) is 5.84 Å². The van der Waals surface area contributed by atoms with E-state index in [-0.39, 0.29) is 5.69 Å². The van der Waals surface area contributed by atoms with Gasteiger partial charge in [-0.2, -0.15) is 0 Å². The minimum absolute atomic E-state index is 0.299. The molecule has 0 unspecified atom stereocenters. The molecule has 0 spiro atoms. The summed E-state index contributed by atoms with van der Waals surface area (Å²) in [5.74, 6) is 1.61. The highest BCUT2D eigenvalue weighted by Crippen LogP contribution is 2.32. The van der Waals surface area contributed by atoms with E-state index in [9.17, 15) is 22.8 Å². The second-order valence-electron chi connectivity index (χ2n) is 3.12. The van der Waals surface area contributed by atoms with Gasteiger partial charge < -0.3 is 10.1 Å². The normalized spacial score (nSPS) is 10.8. The van der Waals surface area contributed by atoms with E-state index >= 15 is 0 Å². The summed E-state index contributed by atoms with van der Waals surface area (Å²) < 4.78 is 40.5. The van der Waals surface area contributed by atoms with Crippen LogP contribution in [0.5, 0.6) is 5.75 Å². The fourth-order valence-corrected chi connectivity index (χ4v) is 1.39. The van der Waals surface area contributed by atoms with Gasteiger partial charge in [-0.05, 0) is 18.2 Å². The number of hydrogen-bond acceptors (Lipinski definition) is 4. The fourth-order valence-electron chi connectivity index (χ4n) is 1.05. The Hall–Kier alpha value is -1.81. The number of ether oxygens (including phenoxy) is 1. The van der Waals surface area contributed by atoms with Crippen molar-refractivity contribution in [3.05, 3.63) is 22.7 Å². The van der Waals surface area contributed by atoms with Crippen LogP contribution < -0.4 is 21.3 Å². The molecular weight excluding hydrogens is 335 g/mol. The maximum Gasteiger partial charge on any atom is 0.573 e. The van der Waals surface area contributed by atoms with Crippen molar-refractivity contribution < 1.29 is 27.5 Å². The fraction of sp³-hybridized carbons (Fsp3) is 0.111. The van der Waals surface area contributed by atoms with Crippen LogP contribution in [0.1, 0.15) is 0 Å². The van der Waals surface area contributed by atoms with Crippen molar-refractivity contribution >= 4 is 33.4 Å². The van der Waals surface area contributed by atoms with Crippen LogP contribution in [0.25, 0.3) is 0 Å². The molecule has 0 bridgehead atoms. The van der Waals surface area contributed by atoms with Crippen molar-refractivity contribution in [1.82, 2.24) is 5.43 Å². The molecule has 0 fully saturated rings. The molecule has 10 heteroatoms. The van der Waals surface area contributed by atoms with Crippen molar-refractivity contribution in [1.29, 1.82) is 0 Å². The van der Waals surface area contributed by atoms with Crippen LogP contribution in [-0.2, 0) is 9.59 Å². The highest BCUT2D eigenvalue weighted by Gasteiger charge is 2.32. The third-order valence-electron chi connectivity index (χ3n) is 1.75. The first-order valence-corrected chi connectivity index (χ1v) is 5.39. The first kappa shape index (κ1) is 15.2. The van der Waals surface area contributed by atoms with Gasteiger partial charge in [0.2, 0.25) is 0 Å². The molecule has 0 atom stereocenters. The molecule has 0 aromatic heterocycles. The number of anilines is 1. The molecule has 6 nitrogen and oxygen atoms in total. The lowest BCUT2D eigenvalue weighted by Crippen LogP contribution is -2.39. The van der Waals surface area contributed by atoms with E-state index in [0.29, 0.717) is 4.47 Å². The summed E-state index contributed by atoms with van der Waals surface area (Å²) in [7, 11) is 0. The first-order chi connectivity index (χ1) is 8.73. The summed E-state index contributed by atoms with van der Waals surface area (Å²) in [6, 6.07) is 3.48. The standard InChI is InChI=1S/C9H7BrF3N3O3/c10-4-1-2-5(15-7(17)8(18)16-14)6(3-4)19-9(11,12)13/h1-3H,14H2,(H,15,17)(H,16,18). The summed E-state index contributed by atoms with van der Waals surface area (Å²) in [4.78, 5) is 22.1. The monoisotopic (exact) mass is 341 g/mol. The zero-order valence-electron chi connectivity index (χ0n) is 9.05. The van der Waals surface area contributed by atoms with Crippen molar-refractivity contribution in [2.24, 2.45) is 5.84 Å². The van der Waals surface area contributed by atoms with Gasteiger partial charge >= 0.3 is 18.2 Å². The topological polar surface area (TPSA) is 93.5 Å². The summed E-state index contributed by atoms with van der Waals surface area (Å²) in [5, 5.41) is 1.93. The third kappa shape index (κ3) is 4.75. The van der Waals surface area contributed by atoms with E-state index in [2.05, 4.69) is 20.7 Å². The number of hydrazine groups is 1. The molecule has 0 aliphatic carbocycles. The van der Waals surface area contributed by atoms with Gasteiger partial charge in [0, 0.05) is 4.47 Å². The first-order valence-electron chi connectivity index (χ1n) is 4.60. The van der Waals surface area contributed by atoms with Crippen LogP contribution in [0.2, 0.25) is 0 Å². The highest BCUT2D eigenvalue weighted by molar-refractivity contribution is 9.10. The second kappa shape index (κ2) is 5.89. The molecule has 1 aromatic rings. The molecule has 0 aliphatic heterocycles.